The first-order chi connectivity index (χ1) is 14.0. The van der Waals surface area contributed by atoms with E-state index in [0.29, 0.717) is 37.6 Å². The molecule has 0 saturated carbocycles. The first-order valence-corrected chi connectivity index (χ1v) is 9.76. The average Bonchev–Trinajstić information content (AvgIpc) is 3.30. The zero-order valence-electron chi connectivity index (χ0n) is 16.7. The number of aromatic nitrogens is 1. The Morgan fingerprint density at radius 2 is 1.93 bits per heavy atom. The van der Waals surface area contributed by atoms with Gasteiger partial charge in [-0.3, -0.25) is 9.69 Å². The number of hydrogen-bond acceptors (Lipinski definition) is 5. The van der Waals surface area contributed by atoms with E-state index in [1.54, 1.807) is 23.1 Å². The molecule has 0 bridgehead atoms. The lowest BCUT2D eigenvalue weighted by Gasteiger charge is -2.34. The number of amides is 1. The molecule has 1 aliphatic rings. The minimum Gasteiger partial charge on any atom is -0.456 e. The molecule has 0 spiro atoms. The van der Waals surface area contributed by atoms with Crippen molar-refractivity contribution in [3.63, 3.8) is 0 Å². The number of halogens is 1. The SMILES string of the molecule is Cc1noc(C)c1Cc1ccc(C(=O)N2CCN(Cc3cccc(F)c3)CC2)o1. The molecule has 1 aliphatic heterocycles. The van der Waals surface area contributed by atoms with Crippen LogP contribution in [0.2, 0.25) is 0 Å². The number of rotatable bonds is 5. The maximum absolute atomic E-state index is 13.4. The molecule has 0 radical (unpaired) electrons. The van der Waals surface area contributed by atoms with Gasteiger partial charge in [-0.15, -0.1) is 0 Å². The van der Waals surface area contributed by atoms with Gasteiger partial charge in [-0.05, 0) is 43.7 Å². The third-order valence-electron chi connectivity index (χ3n) is 5.36. The summed E-state index contributed by atoms with van der Waals surface area (Å²) in [6, 6.07) is 10.2. The van der Waals surface area contributed by atoms with Crippen molar-refractivity contribution in [1.29, 1.82) is 0 Å². The lowest BCUT2D eigenvalue weighted by molar-refractivity contribution is 0.0596. The molecule has 0 unspecified atom stereocenters. The van der Waals surface area contributed by atoms with Crippen molar-refractivity contribution in [3.05, 3.63) is 76.3 Å². The molecule has 6 nitrogen and oxygen atoms in total. The van der Waals surface area contributed by atoms with E-state index in [1.807, 2.05) is 26.0 Å². The minimum atomic E-state index is -0.221. The maximum atomic E-state index is 13.4. The van der Waals surface area contributed by atoms with E-state index in [4.69, 9.17) is 8.94 Å². The van der Waals surface area contributed by atoms with Crippen molar-refractivity contribution in [3.8, 4) is 0 Å². The molecule has 0 atom stereocenters. The number of carbonyl (C=O) groups is 1. The highest BCUT2D eigenvalue weighted by atomic mass is 19.1. The topological polar surface area (TPSA) is 62.7 Å². The first kappa shape index (κ1) is 19.4. The van der Waals surface area contributed by atoms with Crippen molar-refractivity contribution in [2.75, 3.05) is 26.2 Å². The second-order valence-electron chi connectivity index (χ2n) is 7.44. The van der Waals surface area contributed by atoms with Gasteiger partial charge < -0.3 is 13.8 Å². The quantitative estimate of drug-likeness (QED) is 0.659. The smallest absolute Gasteiger partial charge is 0.289 e. The predicted molar refractivity (Wildman–Crippen MR) is 105 cm³/mol. The Morgan fingerprint density at radius 3 is 2.62 bits per heavy atom. The minimum absolute atomic E-state index is 0.0968. The Labute approximate surface area is 168 Å². The van der Waals surface area contributed by atoms with Crippen LogP contribution in [0.5, 0.6) is 0 Å². The summed E-state index contributed by atoms with van der Waals surface area (Å²) in [7, 11) is 0. The lowest BCUT2D eigenvalue weighted by Crippen LogP contribution is -2.48. The van der Waals surface area contributed by atoms with E-state index in [9.17, 15) is 9.18 Å². The van der Waals surface area contributed by atoms with Crippen LogP contribution in [0.15, 0.2) is 45.3 Å². The van der Waals surface area contributed by atoms with Crippen molar-refractivity contribution in [1.82, 2.24) is 15.0 Å². The van der Waals surface area contributed by atoms with Gasteiger partial charge in [0.2, 0.25) is 0 Å². The number of piperazine rings is 1. The Balaban J connectivity index is 1.33. The molecule has 0 aliphatic carbocycles. The molecule has 3 heterocycles. The lowest BCUT2D eigenvalue weighted by atomic mass is 10.1. The molecule has 29 heavy (non-hydrogen) atoms. The maximum Gasteiger partial charge on any atom is 0.289 e. The van der Waals surface area contributed by atoms with Crippen LogP contribution in [0.1, 0.15) is 38.9 Å². The summed E-state index contributed by atoms with van der Waals surface area (Å²) in [6.45, 7) is 7.17. The molecule has 1 amide bonds. The summed E-state index contributed by atoms with van der Waals surface area (Å²) in [5, 5.41) is 3.95. The van der Waals surface area contributed by atoms with Crippen LogP contribution < -0.4 is 0 Å². The monoisotopic (exact) mass is 397 g/mol. The van der Waals surface area contributed by atoms with E-state index in [1.165, 1.54) is 6.07 Å². The molecule has 1 aromatic carbocycles. The fourth-order valence-corrected chi connectivity index (χ4v) is 3.67. The summed E-state index contributed by atoms with van der Waals surface area (Å²) in [5.74, 6) is 1.51. The fourth-order valence-electron chi connectivity index (χ4n) is 3.67. The van der Waals surface area contributed by atoms with Gasteiger partial charge in [0.25, 0.3) is 5.91 Å². The molecule has 1 saturated heterocycles. The third kappa shape index (κ3) is 4.40. The summed E-state index contributed by atoms with van der Waals surface area (Å²) in [4.78, 5) is 16.8. The highest BCUT2D eigenvalue weighted by molar-refractivity contribution is 5.91. The van der Waals surface area contributed by atoms with Gasteiger partial charge in [-0.2, -0.15) is 0 Å². The highest BCUT2D eigenvalue weighted by Gasteiger charge is 2.24. The summed E-state index contributed by atoms with van der Waals surface area (Å²) >= 11 is 0. The summed E-state index contributed by atoms with van der Waals surface area (Å²) in [6.07, 6.45) is 0.551. The van der Waals surface area contributed by atoms with Gasteiger partial charge >= 0.3 is 0 Å². The van der Waals surface area contributed by atoms with Crippen molar-refractivity contribution >= 4 is 5.91 Å². The van der Waals surface area contributed by atoms with Gasteiger partial charge in [-0.25, -0.2) is 4.39 Å². The number of nitrogens with zero attached hydrogens (tertiary/aromatic N) is 3. The predicted octanol–water partition coefficient (Wildman–Crippen LogP) is 3.57. The van der Waals surface area contributed by atoms with E-state index in [0.717, 1.165) is 35.7 Å². The van der Waals surface area contributed by atoms with Crippen molar-refractivity contribution < 1.29 is 18.1 Å². The van der Waals surface area contributed by atoms with Gasteiger partial charge in [0.05, 0.1) is 5.69 Å². The fraction of sp³-hybridized carbons (Fsp3) is 0.364. The Morgan fingerprint density at radius 1 is 1.14 bits per heavy atom. The first-order valence-electron chi connectivity index (χ1n) is 9.76. The highest BCUT2D eigenvalue weighted by Crippen LogP contribution is 2.20. The summed E-state index contributed by atoms with van der Waals surface area (Å²) in [5.41, 5.74) is 2.77. The molecule has 4 rings (SSSR count). The molecule has 1 fully saturated rings. The zero-order chi connectivity index (χ0) is 20.4. The largest absolute Gasteiger partial charge is 0.456 e. The van der Waals surface area contributed by atoms with Crippen LogP contribution in [-0.4, -0.2) is 47.0 Å². The second kappa shape index (κ2) is 8.21. The molecule has 7 heteroatoms. The van der Waals surface area contributed by atoms with Crippen molar-refractivity contribution in [2.24, 2.45) is 0 Å². The summed E-state index contributed by atoms with van der Waals surface area (Å²) < 4.78 is 24.3. The number of benzene rings is 1. The molecular formula is C22H24FN3O3. The Bertz CT molecular complexity index is 983. The van der Waals surface area contributed by atoms with Crippen LogP contribution in [0, 0.1) is 19.7 Å². The van der Waals surface area contributed by atoms with Crippen LogP contribution >= 0.6 is 0 Å². The number of furan rings is 1. The third-order valence-corrected chi connectivity index (χ3v) is 5.36. The Kier molecular flexibility index (Phi) is 5.49. The zero-order valence-corrected chi connectivity index (χ0v) is 16.7. The van der Waals surface area contributed by atoms with Crippen LogP contribution in [0.25, 0.3) is 0 Å². The van der Waals surface area contributed by atoms with E-state index < -0.39 is 0 Å². The molecule has 3 aromatic rings. The molecule has 2 aromatic heterocycles. The van der Waals surface area contributed by atoms with E-state index in [-0.39, 0.29) is 11.7 Å². The van der Waals surface area contributed by atoms with Gasteiger partial charge in [-0.1, -0.05) is 17.3 Å². The van der Waals surface area contributed by atoms with Crippen molar-refractivity contribution in [2.45, 2.75) is 26.8 Å². The van der Waals surface area contributed by atoms with Crippen LogP contribution in [0.4, 0.5) is 4.39 Å². The number of carbonyl (C=O) groups excluding carboxylic acids is 1. The van der Waals surface area contributed by atoms with Crippen LogP contribution in [-0.2, 0) is 13.0 Å². The van der Waals surface area contributed by atoms with E-state index in [2.05, 4.69) is 10.1 Å². The molecular weight excluding hydrogens is 373 g/mol. The molecule has 0 N–H and O–H groups in total. The molecule has 152 valence electrons. The number of hydrogen-bond donors (Lipinski definition) is 0. The normalized spacial score (nSPS) is 15.1. The Hall–Kier alpha value is -2.93. The van der Waals surface area contributed by atoms with Gasteiger partial charge in [0.15, 0.2) is 5.76 Å². The van der Waals surface area contributed by atoms with Gasteiger partial charge in [0, 0.05) is 44.7 Å². The van der Waals surface area contributed by atoms with Crippen LogP contribution in [0.3, 0.4) is 0 Å². The van der Waals surface area contributed by atoms with Gasteiger partial charge in [0.1, 0.15) is 17.3 Å². The second-order valence-corrected chi connectivity index (χ2v) is 7.44. The van der Waals surface area contributed by atoms with E-state index >= 15 is 0 Å². The average molecular weight is 397 g/mol. The standard InChI is InChI=1S/C22H24FN3O3/c1-15-20(16(2)29-24-15)13-19-6-7-21(28-19)22(27)26-10-8-25(9-11-26)14-17-4-3-5-18(23)12-17/h3-7,12H,8-11,13-14H2,1-2H3. The number of aryl methyl sites for hydroxylation is 2.